The lowest BCUT2D eigenvalue weighted by Crippen LogP contribution is -2.21. The molecule has 21 heavy (non-hydrogen) atoms. The second-order valence-corrected chi connectivity index (χ2v) is 4.57. The van der Waals surface area contributed by atoms with Crippen LogP contribution in [-0.4, -0.2) is 44.6 Å². The second kappa shape index (κ2) is 5.41. The summed E-state index contributed by atoms with van der Waals surface area (Å²) in [5.41, 5.74) is 0.683. The summed E-state index contributed by atoms with van der Waals surface area (Å²) in [6, 6.07) is 3.45. The van der Waals surface area contributed by atoms with Crippen LogP contribution in [0.5, 0.6) is 0 Å². The van der Waals surface area contributed by atoms with Crippen LogP contribution in [0.1, 0.15) is 13.3 Å². The quantitative estimate of drug-likeness (QED) is 0.829. The fourth-order valence-electron chi connectivity index (χ4n) is 1.95. The summed E-state index contributed by atoms with van der Waals surface area (Å²) < 4.78 is 6.91. The van der Waals surface area contributed by atoms with Crippen LogP contribution in [0.4, 0.5) is 5.82 Å². The van der Waals surface area contributed by atoms with Crippen molar-refractivity contribution in [2.45, 2.75) is 19.4 Å². The molecule has 3 rings (SSSR count). The molecule has 0 saturated carbocycles. The highest BCUT2D eigenvalue weighted by molar-refractivity contribution is 6.14. The summed E-state index contributed by atoms with van der Waals surface area (Å²) in [5, 5.41) is 13.6. The standard InChI is InChI=1S/C13H14N6O2/c1-9(21-2)10-7-13(20)19(17-10)12-4-3-11(15-16-12)18-6-5-14-8-18/h3-6,8-9H,7H2,1-2H3. The monoisotopic (exact) mass is 286 g/mol. The maximum absolute atomic E-state index is 12.0. The molecule has 1 aliphatic heterocycles. The van der Waals surface area contributed by atoms with Crippen LogP contribution in [0.25, 0.3) is 5.82 Å². The summed E-state index contributed by atoms with van der Waals surface area (Å²) >= 11 is 0. The zero-order valence-electron chi connectivity index (χ0n) is 11.7. The van der Waals surface area contributed by atoms with Crippen LogP contribution < -0.4 is 5.01 Å². The van der Waals surface area contributed by atoms with Crippen molar-refractivity contribution in [1.82, 2.24) is 19.7 Å². The molecule has 0 bridgehead atoms. The number of hydrogen-bond donors (Lipinski definition) is 0. The van der Waals surface area contributed by atoms with Crippen LogP contribution in [0.2, 0.25) is 0 Å². The Kier molecular flexibility index (Phi) is 3.44. The first-order valence-corrected chi connectivity index (χ1v) is 6.44. The highest BCUT2D eigenvalue weighted by Crippen LogP contribution is 2.19. The third-order valence-electron chi connectivity index (χ3n) is 3.24. The summed E-state index contributed by atoms with van der Waals surface area (Å²) in [5.74, 6) is 0.873. The molecule has 3 heterocycles. The van der Waals surface area contributed by atoms with Crippen molar-refractivity contribution >= 4 is 17.4 Å². The normalized spacial score (nSPS) is 16.2. The van der Waals surface area contributed by atoms with Gasteiger partial charge in [-0.3, -0.25) is 9.36 Å². The van der Waals surface area contributed by atoms with E-state index < -0.39 is 0 Å². The lowest BCUT2D eigenvalue weighted by Gasteiger charge is -2.10. The van der Waals surface area contributed by atoms with Crippen LogP contribution in [0.15, 0.2) is 36.0 Å². The molecule has 1 amide bonds. The van der Waals surface area contributed by atoms with Gasteiger partial charge in [-0.05, 0) is 19.1 Å². The maximum atomic E-state index is 12.0. The number of amides is 1. The molecule has 0 fully saturated rings. The lowest BCUT2D eigenvalue weighted by molar-refractivity contribution is -0.117. The number of hydrazone groups is 1. The molecule has 0 aromatic carbocycles. The molecule has 0 saturated heterocycles. The third kappa shape index (κ3) is 2.52. The van der Waals surface area contributed by atoms with Gasteiger partial charge < -0.3 is 4.74 Å². The number of aromatic nitrogens is 4. The average Bonchev–Trinajstić information content (AvgIpc) is 3.16. The van der Waals surface area contributed by atoms with Gasteiger partial charge in [-0.15, -0.1) is 10.2 Å². The van der Waals surface area contributed by atoms with E-state index in [0.717, 1.165) is 0 Å². The summed E-state index contributed by atoms with van der Waals surface area (Å²) in [4.78, 5) is 15.9. The molecular formula is C13H14N6O2. The fraction of sp³-hybridized carbons (Fsp3) is 0.308. The predicted molar refractivity (Wildman–Crippen MR) is 75.2 cm³/mol. The number of anilines is 1. The molecule has 1 aliphatic rings. The van der Waals surface area contributed by atoms with Gasteiger partial charge in [0.05, 0.1) is 18.2 Å². The number of nitrogens with zero attached hydrogens (tertiary/aromatic N) is 6. The van der Waals surface area contributed by atoms with Crippen LogP contribution >= 0.6 is 0 Å². The molecule has 108 valence electrons. The van der Waals surface area contributed by atoms with Crippen molar-refractivity contribution in [2.75, 3.05) is 12.1 Å². The zero-order chi connectivity index (χ0) is 14.8. The van der Waals surface area contributed by atoms with Gasteiger partial charge >= 0.3 is 0 Å². The molecule has 0 aliphatic carbocycles. The van der Waals surface area contributed by atoms with Crippen molar-refractivity contribution in [3.05, 3.63) is 30.9 Å². The Hall–Kier alpha value is -2.61. The Morgan fingerprint density at radius 3 is 2.67 bits per heavy atom. The Morgan fingerprint density at radius 1 is 1.29 bits per heavy atom. The van der Waals surface area contributed by atoms with Gasteiger partial charge in [0, 0.05) is 19.5 Å². The van der Waals surface area contributed by atoms with Gasteiger partial charge in [0.2, 0.25) is 0 Å². The SMILES string of the molecule is COC(C)C1=NN(c2ccc(-n3ccnc3)nn2)C(=O)C1. The van der Waals surface area contributed by atoms with Crippen LogP contribution in [0, 0.1) is 0 Å². The van der Waals surface area contributed by atoms with Crippen LogP contribution in [-0.2, 0) is 9.53 Å². The first-order valence-electron chi connectivity index (χ1n) is 6.44. The lowest BCUT2D eigenvalue weighted by atomic mass is 10.2. The van der Waals surface area contributed by atoms with Crippen molar-refractivity contribution in [3.8, 4) is 5.82 Å². The van der Waals surface area contributed by atoms with Gasteiger partial charge in [-0.2, -0.15) is 10.1 Å². The largest absolute Gasteiger partial charge is 0.376 e. The molecule has 8 heteroatoms. The number of carbonyl (C=O) groups excluding carboxylic acids is 1. The fourth-order valence-corrected chi connectivity index (χ4v) is 1.95. The van der Waals surface area contributed by atoms with E-state index in [2.05, 4.69) is 20.3 Å². The van der Waals surface area contributed by atoms with E-state index in [1.807, 2.05) is 6.92 Å². The van der Waals surface area contributed by atoms with E-state index in [9.17, 15) is 4.79 Å². The van der Waals surface area contributed by atoms with Gasteiger partial charge in [0.1, 0.15) is 6.33 Å². The smallest absolute Gasteiger partial charge is 0.254 e. The molecule has 1 unspecified atom stereocenters. The van der Waals surface area contributed by atoms with E-state index in [-0.39, 0.29) is 18.4 Å². The Balaban J connectivity index is 1.84. The predicted octanol–water partition coefficient (Wildman–Crippen LogP) is 0.790. The molecule has 0 spiro atoms. The van der Waals surface area contributed by atoms with Gasteiger partial charge in [0.25, 0.3) is 5.91 Å². The second-order valence-electron chi connectivity index (χ2n) is 4.57. The van der Waals surface area contributed by atoms with Gasteiger partial charge in [-0.25, -0.2) is 4.98 Å². The third-order valence-corrected chi connectivity index (χ3v) is 3.24. The number of ether oxygens (including phenoxy) is 1. The summed E-state index contributed by atoms with van der Waals surface area (Å²) in [6.45, 7) is 1.85. The molecular weight excluding hydrogens is 272 g/mol. The average molecular weight is 286 g/mol. The number of rotatable bonds is 4. The minimum Gasteiger partial charge on any atom is -0.376 e. The topological polar surface area (TPSA) is 85.5 Å². The van der Waals surface area contributed by atoms with Gasteiger partial charge in [0.15, 0.2) is 11.6 Å². The van der Waals surface area contributed by atoms with Crippen molar-refractivity contribution in [1.29, 1.82) is 0 Å². The molecule has 1 atom stereocenters. The minimum absolute atomic E-state index is 0.140. The zero-order valence-corrected chi connectivity index (χ0v) is 11.7. The first-order chi connectivity index (χ1) is 10.2. The van der Waals surface area contributed by atoms with Crippen molar-refractivity contribution in [3.63, 3.8) is 0 Å². The Bertz CT molecular complexity index is 664. The van der Waals surface area contributed by atoms with Crippen molar-refractivity contribution in [2.24, 2.45) is 5.10 Å². The maximum Gasteiger partial charge on any atom is 0.254 e. The highest BCUT2D eigenvalue weighted by Gasteiger charge is 2.29. The molecule has 0 radical (unpaired) electrons. The summed E-state index contributed by atoms with van der Waals surface area (Å²) in [7, 11) is 1.58. The van der Waals surface area contributed by atoms with E-state index in [1.165, 1.54) is 5.01 Å². The molecule has 0 N–H and O–H groups in total. The minimum atomic E-state index is -0.197. The van der Waals surface area contributed by atoms with Gasteiger partial charge in [-0.1, -0.05) is 0 Å². The number of carbonyl (C=O) groups is 1. The van der Waals surface area contributed by atoms with E-state index in [0.29, 0.717) is 17.3 Å². The first kappa shape index (κ1) is 13.4. The molecule has 2 aromatic heterocycles. The van der Waals surface area contributed by atoms with Crippen LogP contribution in [0.3, 0.4) is 0 Å². The molecule has 2 aromatic rings. The molecule has 8 nitrogen and oxygen atoms in total. The van der Waals surface area contributed by atoms with E-state index in [4.69, 9.17) is 4.74 Å². The number of imidazole rings is 1. The van der Waals surface area contributed by atoms with E-state index >= 15 is 0 Å². The van der Waals surface area contributed by atoms with E-state index in [1.54, 1.807) is 42.5 Å². The number of hydrogen-bond acceptors (Lipinski definition) is 6. The summed E-state index contributed by atoms with van der Waals surface area (Å²) in [6.07, 6.45) is 5.09. The number of methoxy groups -OCH3 is 1. The Morgan fingerprint density at radius 2 is 2.05 bits per heavy atom. The Labute approximate surface area is 121 Å². The highest BCUT2D eigenvalue weighted by atomic mass is 16.5. The van der Waals surface area contributed by atoms with Crippen molar-refractivity contribution < 1.29 is 9.53 Å².